The summed E-state index contributed by atoms with van der Waals surface area (Å²) in [6.45, 7) is 9.82. The maximum Gasteiger partial charge on any atom is 0.225 e. The first-order valence-corrected chi connectivity index (χ1v) is 10.2. The second-order valence-corrected chi connectivity index (χ2v) is 9.25. The third kappa shape index (κ3) is 3.70. The first-order chi connectivity index (χ1) is 12.8. The molecular formula is C22H32N4O. The van der Waals surface area contributed by atoms with Gasteiger partial charge in [-0.25, -0.2) is 0 Å². The average molecular weight is 369 g/mol. The van der Waals surface area contributed by atoms with E-state index in [1.165, 1.54) is 36.0 Å². The summed E-state index contributed by atoms with van der Waals surface area (Å²) in [5.41, 5.74) is 13.1. The molecule has 146 valence electrons. The normalized spacial score (nSPS) is 29.4. The van der Waals surface area contributed by atoms with Crippen LogP contribution in [-0.4, -0.2) is 19.0 Å². The average Bonchev–Trinajstić information content (AvgIpc) is 2.64. The van der Waals surface area contributed by atoms with E-state index < -0.39 is 0 Å². The highest BCUT2D eigenvalue weighted by molar-refractivity contribution is 5.78. The molecule has 27 heavy (non-hydrogen) atoms. The lowest BCUT2D eigenvalue weighted by Gasteiger charge is -2.55. The number of benzene rings is 1. The molecule has 0 radical (unpaired) electrons. The predicted molar refractivity (Wildman–Crippen MR) is 109 cm³/mol. The highest BCUT2D eigenvalue weighted by atomic mass is 16.1. The van der Waals surface area contributed by atoms with Gasteiger partial charge in [-0.3, -0.25) is 4.79 Å². The van der Waals surface area contributed by atoms with Gasteiger partial charge in [-0.15, -0.1) is 0 Å². The first kappa shape index (κ1) is 19.8. The third-order valence-corrected chi connectivity index (χ3v) is 7.13. The highest BCUT2D eigenvalue weighted by Crippen LogP contribution is 2.57. The van der Waals surface area contributed by atoms with E-state index in [2.05, 4.69) is 61.2 Å². The number of aryl methyl sites for hydroxylation is 1. The largest absolute Gasteiger partial charge is 0.355 e. The number of rotatable bonds is 5. The van der Waals surface area contributed by atoms with Crippen LogP contribution in [0.15, 0.2) is 23.3 Å². The molecule has 5 heteroatoms. The Labute approximate surface area is 162 Å². The summed E-state index contributed by atoms with van der Waals surface area (Å²) >= 11 is 0. The fourth-order valence-corrected chi connectivity index (χ4v) is 5.67. The van der Waals surface area contributed by atoms with Crippen LogP contribution in [0.5, 0.6) is 0 Å². The topological polar surface area (TPSA) is 77.9 Å². The molecule has 0 aliphatic heterocycles. The molecule has 1 N–H and O–H groups in total. The molecular weight excluding hydrogens is 336 g/mol. The Hall–Kier alpha value is -2.00. The lowest BCUT2D eigenvalue weighted by Crippen LogP contribution is -2.53. The standard InChI is InChI=1S/C22H32N4O/c1-15(2)16-6-8-18-17(12-16)7-9-19-21(3,10-5-11-22(18,19)4)14-24-20(27)13-25-26-23/h6,8,12,15,19H,5,7,9-11,13-14H2,1-4H3,(H,24,27)/t19-,21-,22+/m0/s1. The van der Waals surface area contributed by atoms with E-state index in [-0.39, 0.29) is 23.3 Å². The van der Waals surface area contributed by atoms with Crippen molar-refractivity contribution in [2.75, 3.05) is 13.1 Å². The zero-order chi connectivity index (χ0) is 19.7. The Morgan fingerprint density at radius 2 is 2.15 bits per heavy atom. The van der Waals surface area contributed by atoms with Gasteiger partial charge in [0, 0.05) is 11.5 Å². The van der Waals surface area contributed by atoms with Gasteiger partial charge in [0.25, 0.3) is 0 Å². The molecule has 3 atom stereocenters. The fraction of sp³-hybridized carbons (Fsp3) is 0.682. The van der Waals surface area contributed by atoms with Crippen LogP contribution >= 0.6 is 0 Å². The second-order valence-electron chi connectivity index (χ2n) is 9.25. The van der Waals surface area contributed by atoms with Crippen LogP contribution in [0.3, 0.4) is 0 Å². The van der Waals surface area contributed by atoms with Gasteiger partial charge in [0.1, 0.15) is 6.54 Å². The van der Waals surface area contributed by atoms with E-state index in [1.807, 2.05) is 0 Å². The number of nitrogens with zero attached hydrogens (tertiary/aromatic N) is 3. The summed E-state index contributed by atoms with van der Waals surface area (Å²) in [6.07, 6.45) is 5.83. The van der Waals surface area contributed by atoms with Crippen molar-refractivity contribution in [1.82, 2.24) is 5.32 Å². The summed E-state index contributed by atoms with van der Waals surface area (Å²) < 4.78 is 0. The molecule has 5 nitrogen and oxygen atoms in total. The molecule has 1 aromatic carbocycles. The molecule has 2 aliphatic carbocycles. The number of hydrogen-bond acceptors (Lipinski definition) is 2. The van der Waals surface area contributed by atoms with Gasteiger partial charge < -0.3 is 5.32 Å². The maximum absolute atomic E-state index is 12.0. The van der Waals surface area contributed by atoms with Gasteiger partial charge >= 0.3 is 0 Å². The molecule has 1 amide bonds. The van der Waals surface area contributed by atoms with E-state index in [9.17, 15) is 4.79 Å². The Kier molecular flexibility index (Phi) is 5.53. The summed E-state index contributed by atoms with van der Waals surface area (Å²) in [5.74, 6) is 0.929. The van der Waals surface area contributed by atoms with E-state index in [0.29, 0.717) is 18.4 Å². The summed E-state index contributed by atoms with van der Waals surface area (Å²) in [4.78, 5) is 14.6. The smallest absolute Gasteiger partial charge is 0.225 e. The van der Waals surface area contributed by atoms with Crippen molar-refractivity contribution in [2.24, 2.45) is 16.4 Å². The van der Waals surface area contributed by atoms with Crippen molar-refractivity contribution in [2.45, 2.75) is 71.1 Å². The molecule has 1 saturated carbocycles. The van der Waals surface area contributed by atoms with Gasteiger partial charge in [-0.05, 0) is 70.6 Å². The zero-order valence-corrected chi connectivity index (χ0v) is 17.1. The molecule has 0 spiro atoms. The van der Waals surface area contributed by atoms with Crippen LogP contribution in [0.25, 0.3) is 10.4 Å². The zero-order valence-electron chi connectivity index (χ0n) is 17.1. The fourth-order valence-electron chi connectivity index (χ4n) is 5.67. The number of carbonyl (C=O) groups excluding carboxylic acids is 1. The van der Waals surface area contributed by atoms with Gasteiger partial charge in [-0.2, -0.15) is 0 Å². The molecule has 0 aromatic heterocycles. The van der Waals surface area contributed by atoms with E-state index >= 15 is 0 Å². The van der Waals surface area contributed by atoms with Crippen LogP contribution in [0, 0.1) is 11.3 Å². The minimum absolute atomic E-state index is 0.0768. The molecule has 1 fully saturated rings. The molecule has 0 unspecified atom stereocenters. The number of nitrogens with one attached hydrogen (secondary N) is 1. The summed E-state index contributed by atoms with van der Waals surface area (Å²) in [6, 6.07) is 7.11. The number of fused-ring (bicyclic) bond motifs is 3. The summed E-state index contributed by atoms with van der Waals surface area (Å²) in [5, 5.41) is 6.40. The minimum Gasteiger partial charge on any atom is -0.355 e. The van der Waals surface area contributed by atoms with Gasteiger partial charge in [0.2, 0.25) is 5.91 Å². The summed E-state index contributed by atoms with van der Waals surface area (Å²) in [7, 11) is 0. The second kappa shape index (κ2) is 7.55. The van der Waals surface area contributed by atoms with Crippen LogP contribution in [0.4, 0.5) is 0 Å². The number of carbonyl (C=O) groups is 1. The third-order valence-electron chi connectivity index (χ3n) is 7.13. The van der Waals surface area contributed by atoms with Gasteiger partial charge in [0.05, 0.1) is 0 Å². The van der Waals surface area contributed by atoms with Crippen LogP contribution < -0.4 is 5.32 Å². The van der Waals surface area contributed by atoms with Gasteiger partial charge in [-0.1, -0.05) is 57.4 Å². The van der Waals surface area contributed by atoms with Crippen molar-refractivity contribution in [1.29, 1.82) is 0 Å². The predicted octanol–water partition coefficient (Wildman–Crippen LogP) is 5.25. The van der Waals surface area contributed by atoms with Crippen LogP contribution in [0.2, 0.25) is 0 Å². The molecule has 0 saturated heterocycles. The minimum atomic E-state index is -0.181. The van der Waals surface area contributed by atoms with Crippen molar-refractivity contribution in [3.05, 3.63) is 45.3 Å². The first-order valence-electron chi connectivity index (χ1n) is 10.2. The number of azide groups is 1. The molecule has 0 heterocycles. The van der Waals surface area contributed by atoms with Crippen LogP contribution in [0.1, 0.15) is 76.0 Å². The van der Waals surface area contributed by atoms with E-state index in [0.717, 1.165) is 12.8 Å². The van der Waals surface area contributed by atoms with Crippen molar-refractivity contribution < 1.29 is 4.79 Å². The van der Waals surface area contributed by atoms with Crippen molar-refractivity contribution in [3.8, 4) is 0 Å². The number of hydrogen-bond donors (Lipinski definition) is 1. The van der Waals surface area contributed by atoms with E-state index in [4.69, 9.17) is 5.53 Å². The lowest BCUT2D eigenvalue weighted by molar-refractivity contribution is -0.120. The number of amides is 1. The van der Waals surface area contributed by atoms with Crippen LogP contribution in [-0.2, 0) is 16.6 Å². The molecule has 0 bridgehead atoms. The Balaban J connectivity index is 1.84. The van der Waals surface area contributed by atoms with Crippen molar-refractivity contribution >= 4 is 5.91 Å². The lowest BCUT2D eigenvalue weighted by atomic mass is 9.49. The molecule has 2 aliphatic rings. The maximum atomic E-state index is 12.0. The Morgan fingerprint density at radius 3 is 2.85 bits per heavy atom. The quantitative estimate of drug-likeness (QED) is 0.430. The highest BCUT2D eigenvalue weighted by Gasteiger charge is 2.51. The molecule has 3 rings (SSSR count). The van der Waals surface area contributed by atoms with Crippen molar-refractivity contribution in [3.63, 3.8) is 0 Å². The SMILES string of the molecule is CC(C)c1ccc2c(c1)CC[C@H]1[C@](C)(CNC(=O)CN=[N+]=[N-])CCC[C@]21C. The van der Waals surface area contributed by atoms with Gasteiger partial charge in [0.15, 0.2) is 0 Å². The Morgan fingerprint density at radius 1 is 1.37 bits per heavy atom. The molecule has 1 aromatic rings. The van der Waals surface area contributed by atoms with E-state index in [1.54, 1.807) is 0 Å². The Bertz CT molecular complexity index is 768. The monoisotopic (exact) mass is 368 g/mol.